The third kappa shape index (κ3) is 8.76. The van der Waals surface area contributed by atoms with Crippen molar-refractivity contribution >= 4 is 39.4 Å². The second kappa shape index (κ2) is 15.4. The maximum Gasteiger partial charge on any atom is 0.264 e. The molecule has 0 radical (unpaired) electrons. The summed E-state index contributed by atoms with van der Waals surface area (Å²) < 4.78 is 49.7. The van der Waals surface area contributed by atoms with Gasteiger partial charge in [0.2, 0.25) is 0 Å². The van der Waals surface area contributed by atoms with Crippen molar-refractivity contribution in [2.24, 2.45) is 5.10 Å². The number of hydrazone groups is 1. The minimum atomic E-state index is -4.24. The van der Waals surface area contributed by atoms with Crippen LogP contribution in [-0.4, -0.2) is 60.9 Å². The summed E-state index contributed by atoms with van der Waals surface area (Å²) in [5, 5.41) is 6.73. The van der Waals surface area contributed by atoms with E-state index in [4.69, 9.17) is 18.9 Å². The van der Waals surface area contributed by atoms with E-state index in [1.807, 2.05) is 31.2 Å². The molecule has 4 aromatic rings. The average molecular weight is 647 g/mol. The third-order valence-corrected chi connectivity index (χ3v) is 8.35. The fourth-order valence-electron chi connectivity index (χ4n) is 4.15. The van der Waals surface area contributed by atoms with E-state index < -0.39 is 22.5 Å². The van der Waals surface area contributed by atoms with Gasteiger partial charge >= 0.3 is 0 Å². The molecular weight excluding hydrogens is 612 g/mol. The minimum Gasteiger partial charge on any atom is -0.497 e. The normalized spacial score (nSPS) is 11.0. The number of sulfonamides is 1. The molecule has 0 fully saturated rings. The zero-order chi connectivity index (χ0) is 33.1. The monoisotopic (exact) mass is 646 g/mol. The molecule has 0 heterocycles. The van der Waals surface area contributed by atoms with Crippen LogP contribution >= 0.6 is 0 Å². The van der Waals surface area contributed by atoms with E-state index >= 15 is 0 Å². The van der Waals surface area contributed by atoms with E-state index in [9.17, 15) is 18.0 Å². The van der Waals surface area contributed by atoms with Gasteiger partial charge < -0.3 is 24.3 Å². The number of carbonyl (C=O) groups excluding carboxylic acids is 2. The lowest BCUT2D eigenvalue weighted by molar-refractivity contribution is -0.119. The number of anilines is 2. The molecule has 240 valence electrons. The van der Waals surface area contributed by atoms with Gasteiger partial charge in [0.05, 0.1) is 38.1 Å². The summed E-state index contributed by atoms with van der Waals surface area (Å²) in [7, 11) is 0.0922. The Hall–Kier alpha value is -5.56. The van der Waals surface area contributed by atoms with E-state index in [2.05, 4.69) is 15.8 Å². The van der Waals surface area contributed by atoms with Crippen molar-refractivity contribution in [1.29, 1.82) is 0 Å². The number of nitrogens with zero attached hydrogens (tertiary/aromatic N) is 2. The second-order valence-electron chi connectivity index (χ2n) is 9.79. The van der Waals surface area contributed by atoms with Crippen molar-refractivity contribution in [3.63, 3.8) is 0 Å². The van der Waals surface area contributed by atoms with Crippen LogP contribution in [0.1, 0.15) is 11.1 Å². The summed E-state index contributed by atoms with van der Waals surface area (Å²) >= 11 is 0. The molecule has 4 aromatic carbocycles. The van der Waals surface area contributed by atoms with Gasteiger partial charge in [0, 0.05) is 11.8 Å². The van der Waals surface area contributed by atoms with Crippen molar-refractivity contribution < 1.29 is 37.0 Å². The van der Waals surface area contributed by atoms with Crippen LogP contribution in [0.2, 0.25) is 0 Å². The fourth-order valence-corrected chi connectivity index (χ4v) is 5.58. The number of rotatable bonds is 14. The number of nitrogens with one attached hydrogen (secondary N) is 2. The number of aryl methyl sites for hydroxylation is 1. The first-order valence-electron chi connectivity index (χ1n) is 13.9. The number of carbonyl (C=O) groups is 2. The van der Waals surface area contributed by atoms with Crippen LogP contribution in [0.5, 0.6) is 23.0 Å². The molecule has 0 bridgehead atoms. The van der Waals surface area contributed by atoms with Crippen LogP contribution in [0.15, 0.2) is 101 Å². The fraction of sp³-hybridized carbons (Fsp3) is 0.182. The van der Waals surface area contributed by atoms with Crippen molar-refractivity contribution in [1.82, 2.24) is 5.43 Å². The van der Waals surface area contributed by atoms with E-state index in [1.54, 1.807) is 36.4 Å². The molecule has 4 rings (SSSR count). The first-order valence-corrected chi connectivity index (χ1v) is 15.4. The van der Waals surface area contributed by atoms with Gasteiger partial charge in [0.1, 0.15) is 18.0 Å². The Morgan fingerprint density at radius 2 is 1.43 bits per heavy atom. The summed E-state index contributed by atoms with van der Waals surface area (Å²) in [6, 6.07) is 24.5. The molecule has 0 spiro atoms. The standard InChI is InChI=1S/C33H34N4O8S/c1-23-5-9-25(10-6-23)35-33(39)22-45-28-13-7-24(8-14-28)20-34-36-32(38)21-37(26-11-15-27(42-2)16-12-26)46(40,41)29-17-18-30(43-3)31(19-29)44-4/h5-20H,21-22H2,1-4H3,(H,35,39)(H,36,38)/b34-20+. The van der Waals surface area contributed by atoms with Crippen molar-refractivity contribution in [2.45, 2.75) is 11.8 Å². The molecule has 12 nitrogen and oxygen atoms in total. The van der Waals surface area contributed by atoms with Gasteiger partial charge in [0.25, 0.3) is 21.8 Å². The van der Waals surface area contributed by atoms with Crippen molar-refractivity contribution in [3.8, 4) is 23.0 Å². The molecule has 2 N–H and O–H groups in total. The van der Waals surface area contributed by atoms with Gasteiger partial charge in [-0.15, -0.1) is 0 Å². The van der Waals surface area contributed by atoms with Gasteiger partial charge in [0.15, 0.2) is 18.1 Å². The maximum atomic E-state index is 13.8. The Balaban J connectivity index is 1.40. The highest BCUT2D eigenvalue weighted by Crippen LogP contribution is 2.32. The molecule has 0 atom stereocenters. The van der Waals surface area contributed by atoms with Crippen molar-refractivity contribution in [3.05, 3.63) is 102 Å². The molecule has 0 saturated carbocycles. The molecular formula is C33H34N4O8S. The lowest BCUT2D eigenvalue weighted by atomic mass is 10.2. The van der Waals surface area contributed by atoms with Crippen LogP contribution in [0.3, 0.4) is 0 Å². The number of amides is 2. The Morgan fingerprint density at radius 1 is 0.783 bits per heavy atom. The maximum absolute atomic E-state index is 13.8. The predicted octanol–water partition coefficient (Wildman–Crippen LogP) is 4.38. The van der Waals surface area contributed by atoms with E-state index in [-0.39, 0.29) is 28.8 Å². The lowest BCUT2D eigenvalue weighted by Crippen LogP contribution is -2.39. The molecule has 0 saturated heterocycles. The molecule has 0 aliphatic carbocycles. The number of ether oxygens (including phenoxy) is 4. The Kier molecular flexibility index (Phi) is 11.2. The molecule has 0 aliphatic rings. The number of methoxy groups -OCH3 is 3. The largest absolute Gasteiger partial charge is 0.497 e. The van der Waals surface area contributed by atoms with E-state index in [1.165, 1.54) is 57.9 Å². The number of benzene rings is 4. The number of hydrogen-bond acceptors (Lipinski definition) is 9. The molecule has 46 heavy (non-hydrogen) atoms. The zero-order valence-electron chi connectivity index (χ0n) is 25.7. The van der Waals surface area contributed by atoms with Crippen LogP contribution in [0.4, 0.5) is 11.4 Å². The topological polar surface area (TPSA) is 145 Å². The van der Waals surface area contributed by atoms with Crippen LogP contribution < -0.4 is 34.0 Å². The van der Waals surface area contributed by atoms with Gasteiger partial charge in [-0.05, 0) is 85.3 Å². The zero-order valence-corrected chi connectivity index (χ0v) is 26.5. The summed E-state index contributed by atoms with van der Waals surface area (Å²) in [4.78, 5) is 25.0. The minimum absolute atomic E-state index is 0.104. The Bertz CT molecular complexity index is 1780. The van der Waals surface area contributed by atoms with Crippen molar-refractivity contribution in [2.75, 3.05) is 44.1 Å². The molecule has 0 unspecified atom stereocenters. The third-order valence-electron chi connectivity index (χ3n) is 6.58. The van der Waals surface area contributed by atoms with Gasteiger partial charge in [-0.2, -0.15) is 5.10 Å². The van der Waals surface area contributed by atoms with Gasteiger partial charge in [-0.3, -0.25) is 13.9 Å². The Labute approximate surface area is 267 Å². The highest BCUT2D eigenvalue weighted by molar-refractivity contribution is 7.92. The summed E-state index contributed by atoms with van der Waals surface area (Å²) in [6.07, 6.45) is 1.40. The molecule has 2 amide bonds. The van der Waals surface area contributed by atoms with E-state index in [0.717, 1.165) is 9.87 Å². The smallest absolute Gasteiger partial charge is 0.264 e. The lowest BCUT2D eigenvalue weighted by Gasteiger charge is -2.24. The summed E-state index contributed by atoms with van der Waals surface area (Å²) in [5.74, 6) is 0.575. The highest BCUT2D eigenvalue weighted by Gasteiger charge is 2.28. The van der Waals surface area contributed by atoms with Gasteiger partial charge in [-0.25, -0.2) is 13.8 Å². The average Bonchev–Trinajstić information content (AvgIpc) is 3.07. The predicted molar refractivity (Wildman–Crippen MR) is 175 cm³/mol. The summed E-state index contributed by atoms with van der Waals surface area (Å²) in [5.41, 5.74) is 5.00. The molecule has 13 heteroatoms. The first kappa shape index (κ1) is 33.3. The first-order chi connectivity index (χ1) is 22.1. The van der Waals surface area contributed by atoms with Gasteiger partial charge in [-0.1, -0.05) is 17.7 Å². The van der Waals surface area contributed by atoms with Crippen LogP contribution in [-0.2, 0) is 19.6 Å². The molecule has 0 aromatic heterocycles. The molecule has 0 aliphatic heterocycles. The van der Waals surface area contributed by atoms with Crippen LogP contribution in [0, 0.1) is 6.92 Å². The van der Waals surface area contributed by atoms with E-state index in [0.29, 0.717) is 28.5 Å². The highest BCUT2D eigenvalue weighted by atomic mass is 32.2. The second-order valence-corrected chi connectivity index (χ2v) is 11.7. The Morgan fingerprint density at radius 3 is 2.07 bits per heavy atom. The SMILES string of the molecule is COc1ccc(N(CC(=O)N/N=C/c2ccc(OCC(=O)Nc3ccc(C)cc3)cc2)S(=O)(=O)c2ccc(OC)c(OC)c2)cc1. The quantitative estimate of drug-likeness (QED) is 0.152. The number of hydrogen-bond donors (Lipinski definition) is 2. The summed E-state index contributed by atoms with van der Waals surface area (Å²) in [6.45, 7) is 1.22. The van der Waals surface area contributed by atoms with Crippen LogP contribution in [0.25, 0.3) is 0 Å².